The number of nitrogens with one attached hydrogen (secondary N) is 2. The molecule has 140 valence electrons. The van der Waals surface area contributed by atoms with E-state index in [1.54, 1.807) is 0 Å². The fourth-order valence-electron chi connectivity index (χ4n) is 2.56. The number of benzene rings is 1. The summed E-state index contributed by atoms with van der Waals surface area (Å²) in [7, 11) is 0. The van der Waals surface area contributed by atoms with Gasteiger partial charge in [0.15, 0.2) is 0 Å². The van der Waals surface area contributed by atoms with Crippen molar-refractivity contribution in [3.63, 3.8) is 0 Å². The van der Waals surface area contributed by atoms with E-state index in [2.05, 4.69) is 10.6 Å². The lowest BCUT2D eigenvalue weighted by molar-refractivity contribution is -0.384. The standard InChI is InChI=1S/C17H22N4O5/c1-10(2)11(3)18-14(22)9-20-15(23)17(4,19-16(20)24)12-5-7-13(8-6-12)21(25)26/h5-8,10-11H,9H2,1-4H3,(H,18,22)(H,19,24)/t11-,17+/m0/s1. The first-order valence-electron chi connectivity index (χ1n) is 8.24. The highest BCUT2D eigenvalue weighted by Crippen LogP contribution is 2.29. The minimum Gasteiger partial charge on any atom is -0.352 e. The third kappa shape index (κ3) is 3.66. The van der Waals surface area contributed by atoms with Crippen LogP contribution in [0.25, 0.3) is 0 Å². The molecule has 0 aliphatic carbocycles. The number of amides is 4. The fraction of sp³-hybridized carbons (Fsp3) is 0.471. The van der Waals surface area contributed by atoms with Gasteiger partial charge in [0.2, 0.25) is 5.91 Å². The van der Waals surface area contributed by atoms with Crippen LogP contribution in [0.2, 0.25) is 0 Å². The second-order valence-electron chi connectivity index (χ2n) is 6.85. The molecule has 0 saturated carbocycles. The Kier molecular flexibility index (Phi) is 5.29. The first-order valence-corrected chi connectivity index (χ1v) is 8.24. The molecule has 1 fully saturated rings. The maximum Gasteiger partial charge on any atom is 0.325 e. The second-order valence-corrected chi connectivity index (χ2v) is 6.85. The van der Waals surface area contributed by atoms with Gasteiger partial charge in [0.1, 0.15) is 12.1 Å². The lowest BCUT2D eigenvalue weighted by Gasteiger charge is -2.22. The Hall–Kier alpha value is -2.97. The number of hydrogen-bond donors (Lipinski definition) is 2. The molecule has 2 N–H and O–H groups in total. The Labute approximate surface area is 150 Å². The summed E-state index contributed by atoms with van der Waals surface area (Å²) in [5.41, 5.74) is -1.09. The number of urea groups is 1. The van der Waals surface area contributed by atoms with Crippen molar-refractivity contribution in [2.45, 2.75) is 39.3 Å². The van der Waals surface area contributed by atoms with E-state index in [0.717, 1.165) is 4.90 Å². The van der Waals surface area contributed by atoms with Crippen LogP contribution in [0.5, 0.6) is 0 Å². The topological polar surface area (TPSA) is 122 Å². The molecule has 9 heteroatoms. The minimum atomic E-state index is -1.38. The summed E-state index contributed by atoms with van der Waals surface area (Å²) < 4.78 is 0. The Morgan fingerprint density at radius 3 is 2.35 bits per heavy atom. The molecule has 1 saturated heterocycles. The summed E-state index contributed by atoms with van der Waals surface area (Å²) in [6.07, 6.45) is 0. The van der Waals surface area contributed by atoms with E-state index in [4.69, 9.17) is 0 Å². The summed E-state index contributed by atoms with van der Waals surface area (Å²) in [4.78, 5) is 48.1. The molecule has 0 radical (unpaired) electrons. The van der Waals surface area contributed by atoms with Crippen molar-refractivity contribution >= 4 is 23.5 Å². The molecule has 26 heavy (non-hydrogen) atoms. The van der Waals surface area contributed by atoms with E-state index >= 15 is 0 Å². The quantitative estimate of drug-likeness (QED) is 0.451. The molecular weight excluding hydrogens is 340 g/mol. The van der Waals surface area contributed by atoms with Crippen LogP contribution in [-0.4, -0.2) is 40.3 Å². The van der Waals surface area contributed by atoms with Gasteiger partial charge in [-0.15, -0.1) is 0 Å². The minimum absolute atomic E-state index is 0.0932. The smallest absolute Gasteiger partial charge is 0.325 e. The van der Waals surface area contributed by atoms with E-state index in [1.807, 2.05) is 20.8 Å². The molecule has 0 aromatic heterocycles. The first-order chi connectivity index (χ1) is 12.1. The number of nitro benzene ring substituents is 1. The van der Waals surface area contributed by atoms with Gasteiger partial charge in [0, 0.05) is 18.2 Å². The van der Waals surface area contributed by atoms with Crippen molar-refractivity contribution in [2.75, 3.05) is 6.54 Å². The Morgan fingerprint density at radius 2 is 1.85 bits per heavy atom. The Balaban J connectivity index is 2.16. The molecule has 1 aliphatic heterocycles. The van der Waals surface area contributed by atoms with Gasteiger partial charge in [-0.25, -0.2) is 4.79 Å². The van der Waals surface area contributed by atoms with E-state index < -0.39 is 28.3 Å². The molecule has 4 amide bonds. The zero-order valence-electron chi connectivity index (χ0n) is 15.1. The van der Waals surface area contributed by atoms with Crippen LogP contribution in [0.1, 0.15) is 33.3 Å². The van der Waals surface area contributed by atoms with Crippen molar-refractivity contribution in [1.29, 1.82) is 0 Å². The SMILES string of the molecule is CC(C)[C@H](C)NC(=O)CN1C(=O)N[C@](C)(c2ccc([N+](=O)[O-])cc2)C1=O. The van der Waals surface area contributed by atoms with Gasteiger partial charge in [-0.2, -0.15) is 0 Å². The number of carbonyl (C=O) groups is 3. The van der Waals surface area contributed by atoms with Crippen LogP contribution in [0.4, 0.5) is 10.5 Å². The van der Waals surface area contributed by atoms with E-state index in [9.17, 15) is 24.5 Å². The summed E-state index contributed by atoms with van der Waals surface area (Å²) in [5.74, 6) is -0.793. The van der Waals surface area contributed by atoms with Crippen LogP contribution < -0.4 is 10.6 Å². The third-order valence-corrected chi connectivity index (χ3v) is 4.62. The largest absolute Gasteiger partial charge is 0.352 e. The van der Waals surface area contributed by atoms with Crippen LogP contribution in [0.15, 0.2) is 24.3 Å². The van der Waals surface area contributed by atoms with E-state index in [-0.39, 0.29) is 24.2 Å². The van der Waals surface area contributed by atoms with Crippen LogP contribution >= 0.6 is 0 Å². The van der Waals surface area contributed by atoms with Gasteiger partial charge in [-0.1, -0.05) is 13.8 Å². The maximum absolute atomic E-state index is 12.7. The number of hydrogen-bond acceptors (Lipinski definition) is 5. The molecule has 1 aromatic rings. The summed E-state index contributed by atoms with van der Waals surface area (Å²) in [6, 6.07) is 4.59. The number of rotatable bonds is 6. The van der Waals surface area contributed by atoms with Crippen molar-refractivity contribution < 1.29 is 19.3 Å². The number of nitrogens with zero attached hydrogens (tertiary/aromatic N) is 2. The molecule has 0 bridgehead atoms. The molecular formula is C17H22N4O5. The Morgan fingerprint density at radius 1 is 1.27 bits per heavy atom. The molecule has 0 unspecified atom stereocenters. The van der Waals surface area contributed by atoms with Crippen molar-refractivity contribution in [3.05, 3.63) is 39.9 Å². The lowest BCUT2D eigenvalue weighted by Crippen LogP contribution is -2.46. The van der Waals surface area contributed by atoms with Crippen LogP contribution in [0.3, 0.4) is 0 Å². The molecule has 1 aliphatic rings. The lowest BCUT2D eigenvalue weighted by atomic mass is 9.92. The molecule has 2 atom stereocenters. The van der Waals surface area contributed by atoms with Gasteiger partial charge in [-0.05, 0) is 37.5 Å². The fourth-order valence-corrected chi connectivity index (χ4v) is 2.56. The number of imide groups is 1. The van der Waals surface area contributed by atoms with Crippen molar-refractivity contribution in [3.8, 4) is 0 Å². The summed E-state index contributed by atoms with van der Waals surface area (Å²) in [6.45, 7) is 6.86. The summed E-state index contributed by atoms with van der Waals surface area (Å²) >= 11 is 0. The predicted octanol–water partition coefficient (Wildman–Crippen LogP) is 1.52. The molecule has 0 spiro atoms. The number of non-ortho nitro benzene ring substituents is 1. The average Bonchev–Trinajstić information content (AvgIpc) is 2.79. The number of nitro groups is 1. The monoisotopic (exact) mass is 362 g/mol. The van der Waals surface area contributed by atoms with Crippen LogP contribution in [0, 0.1) is 16.0 Å². The van der Waals surface area contributed by atoms with Gasteiger partial charge in [-0.3, -0.25) is 24.6 Å². The zero-order chi connectivity index (χ0) is 19.6. The highest BCUT2D eigenvalue weighted by atomic mass is 16.6. The van der Waals surface area contributed by atoms with Gasteiger partial charge in [0.25, 0.3) is 11.6 Å². The van der Waals surface area contributed by atoms with Crippen molar-refractivity contribution in [2.24, 2.45) is 5.92 Å². The predicted molar refractivity (Wildman–Crippen MR) is 93.1 cm³/mol. The zero-order valence-corrected chi connectivity index (χ0v) is 15.1. The van der Waals surface area contributed by atoms with Crippen molar-refractivity contribution in [1.82, 2.24) is 15.5 Å². The molecule has 9 nitrogen and oxygen atoms in total. The third-order valence-electron chi connectivity index (χ3n) is 4.62. The first kappa shape index (κ1) is 19.4. The van der Waals surface area contributed by atoms with Gasteiger partial charge < -0.3 is 10.6 Å². The Bertz CT molecular complexity index is 746. The second kappa shape index (κ2) is 7.11. The molecule has 1 aromatic carbocycles. The normalized spacial score (nSPS) is 20.9. The highest BCUT2D eigenvalue weighted by molar-refractivity contribution is 6.09. The van der Waals surface area contributed by atoms with Crippen LogP contribution in [-0.2, 0) is 15.1 Å². The van der Waals surface area contributed by atoms with Gasteiger partial charge >= 0.3 is 6.03 Å². The molecule has 2 rings (SSSR count). The maximum atomic E-state index is 12.7. The molecule has 1 heterocycles. The highest BCUT2D eigenvalue weighted by Gasteiger charge is 2.49. The van der Waals surface area contributed by atoms with E-state index in [0.29, 0.717) is 5.56 Å². The summed E-state index contributed by atoms with van der Waals surface area (Å²) in [5, 5.41) is 16.1. The number of carbonyl (C=O) groups excluding carboxylic acids is 3. The average molecular weight is 362 g/mol. The van der Waals surface area contributed by atoms with Gasteiger partial charge in [0.05, 0.1) is 4.92 Å². The van der Waals surface area contributed by atoms with E-state index in [1.165, 1.54) is 31.2 Å².